The lowest BCUT2D eigenvalue weighted by Gasteiger charge is -2.02. The zero-order valence-corrected chi connectivity index (χ0v) is 9.14. The second-order valence-electron chi connectivity index (χ2n) is 3.31. The van der Waals surface area contributed by atoms with Gasteiger partial charge in [-0.25, -0.2) is 0 Å². The van der Waals surface area contributed by atoms with E-state index in [0.717, 1.165) is 12.8 Å². The number of hydrogen-bond donors (Lipinski definition) is 1. The zero-order valence-electron chi connectivity index (χ0n) is 9.14. The van der Waals surface area contributed by atoms with Crippen molar-refractivity contribution >= 4 is 5.91 Å². The van der Waals surface area contributed by atoms with Gasteiger partial charge in [-0.3, -0.25) is 4.79 Å². The molecule has 16 heavy (non-hydrogen) atoms. The number of aryl methyl sites for hydroxylation is 1. The van der Waals surface area contributed by atoms with E-state index in [1.807, 2.05) is 0 Å². The quantitative estimate of drug-likeness (QED) is 0.346. The molecule has 6 nitrogen and oxygen atoms in total. The summed E-state index contributed by atoms with van der Waals surface area (Å²) in [6.45, 7) is 2.79. The van der Waals surface area contributed by atoms with Crippen LogP contribution in [0.5, 0.6) is 0 Å². The Hall–Kier alpha value is -1.94. The van der Waals surface area contributed by atoms with E-state index in [1.165, 1.54) is 6.26 Å². The normalized spacial score (nSPS) is 9.56. The van der Waals surface area contributed by atoms with Crippen molar-refractivity contribution in [2.24, 2.45) is 5.11 Å². The first-order chi connectivity index (χ1) is 7.75. The van der Waals surface area contributed by atoms with Crippen LogP contribution < -0.4 is 5.32 Å². The molecule has 0 radical (unpaired) electrons. The van der Waals surface area contributed by atoms with Crippen LogP contribution in [0.25, 0.3) is 10.4 Å². The molecule has 0 aliphatic rings. The topological polar surface area (TPSA) is 91.0 Å². The predicted molar refractivity (Wildman–Crippen MR) is 59.0 cm³/mol. The first kappa shape index (κ1) is 12.1. The fraction of sp³-hybridized carbons (Fsp3) is 0.500. The summed E-state index contributed by atoms with van der Waals surface area (Å²) < 4.78 is 5.03. The van der Waals surface area contributed by atoms with E-state index in [2.05, 4.69) is 15.3 Å². The Morgan fingerprint density at radius 1 is 1.62 bits per heavy atom. The van der Waals surface area contributed by atoms with E-state index in [9.17, 15) is 4.79 Å². The number of nitrogens with one attached hydrogen (secondary N) is 1. The number of carbonyl (C=O) groups is 1. The van der Waals surface area contributed by atoms with E-state index < -0.39 is 0 Å². The molecular weight excluding hydrogens is 208 g/mol. The molecule has 0 spiro atoms. The largest absolute Gasteiger partial charge is 0.469 e. The van der Waals surface area contributed by atoms with Crippen LogP contribution in [-0.4, -0.2) is 19.0 Å². The van der Waals surface area contributed by atoms with Crippen molar-refractivity contribution in [2.45, 2.75) is 19.8 Å². The molecule has 0 saturated heterocycles. The van der Waals surface area contributed by atoms with Gasteiger partial charge < -0.3 is 9.73 Å². The van der Waals surface area contributed by atoms with Gasteiger partial charge in [-0.1, -0.05) is 5.11 Å². The van der Waals surface area contributed by atoms with Gasteiger partial charge in [-0.2, -0.15) is 0 Å². The molecule has 0 unspecified atom stereocenters. The number of rotatable bonds is 6. The van der Waals surface area contributed by atoms with Crippen molar-refractivity contribution in [2.75, 3.05) is 13.1 Å². The van der Waals surface area contributed by atoms with Gasteiger partial charge in [0.1, 0.15) is 5.76 Å². The van der Waals surface area contributed by atoms with Gasteiger partial charge in [0.05, 0.1) is 11.8 Å². The first-order valence-electron chi connectivity index (χ1n) is 5.09. The molecule has 0 saturated carbocycles. The lowest BCUT2D eigenvalue weighted by atomic mass is 10.2. The van der Waals surface area contributed by atoms with Gasteiger partial charge in [0.25, 0.3) is 5.91 Å². The molecule has 1 aromatic rings. The molecule has 1 N–H and O–H groups in total. The fourth-order valence-electron chi connectivity index (χ4n) is 1.27. The minimum Gasteiger partial charge on any atom is -0.469 e. The third kappa shape index (κ3) is 3.67. The summed E-state index contributed by atoms with van der Waals surface area (Å²) in [7, 11) is 0. The summed E-state index contributed by atoms with van der Waals surface area (Å²) in [6.07, 6.45) is 3.06. The summed E-state index contributed by atoms with van der Waals surface area (Å²) in [5.74, 6) is 0.488. The Labute approximate surface area is 93.3 Å². The van der Waals surface area contributed by atoms with Crippen LogP contribution in [0.4, 0.5) is 0 Å². The summed E-state index contributed by atoms with van der Waals surface area (Å²) in [4.78, 5) is 14.2. The Morgan fingerprint density at radius 2 is 2.44 bits per heavy atom. The van der Waals surface area contributed by atoms with Gasteiger partial charge in [-0.05, 0) is 31.4 Å². The molecule has 1 amide bonds. The molecular formula is C10H14N4O2. The van der Waals surface area contributed by atoms with Crippen molar-refractivity contribution in [3.8, 4) is 0 Å². The zero-order chi connectivity index (χ0) is 11.8. The van der Waals surface area contributed by atoms with E-state index >= 15 is 0 Å². The summed E-state index contributed by atoms with van der Waals surface area (Å²) in [6, 6.07) is 1.64. The molecule has 0 aliphatic carbocycles. The van der Waals surface area contributed by atoms with Crippen molar-refractivity contribution in [3.05, 3.63) is 34.1 Å². The highest BCUT2D eigenvalue weighted by Gasteiger charge is 2.09. The number of nitrogens with zero attached hydrogens (tertiary/aromatic N) is 3. The van der Waals surface area contributed by atoms with Crippen LogP contribution in [0.3, 0.4) is 0 Å². The molecule has 6 heteroatoms. The molecule has 0 atom stereocenters. The third-order valence-electron chi connectivity index (χ3n) is 2.14. The average Bonchev–Trinajstić information content (AvgIpc) is 2.69. The number of azide groups is 1. The Balaban J connectivity index is 2.21. The molecule has 0 aliphatic heterocycles. The number of hydrogen-bond acceptors (Lipinski definition) is 3. The van der Waals surface area contributed by atoms with Crippen molar-refractivity contribution < 1.29 is 9.21 Å². The minimum absolute atomic E-state index is 0.130. The van der Waals surface area contributed by atoms with Crippen LogP contribution in [0.1, 0.15) is 29.0 Å². The molecule has 1 rings (SSSR count). The van der Waals surface area contributed by atoms with Gasteiger partial charge in [0.15, 0.2) is 0 Å². The minimum atomic E-state index is -0.130. The van der Waals surface area contributed by atoms with E-state index in [4.69, 9.17) is 9.95 Å². The average molecular weight is 222 g/mol. The summed E-state index contributed by atoms with van der Waals surface area (Å²) >= 11 is 0. The van der Waals surface area contributed by atoms with Crippen molar-refractivity contribution in [1.82, 2.24) is 5.32 Å². The first-order valence-corrected chi connectivity index (χ1v) is 5.09. The molecule has 86 valence electrons. The van der Waals surface area contributed by atoms with E-state index in [-0.39, 0.29) is 5.91 Å². The molecule has 1 aromatic heterocycles. The van der Waals surface area contributed by atoms with Gasteiger partial charge >= 0.3 is 0 Å². The molecule has 1 heterocycles. The van der Waals surface area contributed by atoms with Gasteiger partial charge in [-0.15, -0.1) is 0 Å². The Bertz CT molecular complexity index is 393. The third-order valence-corrected chi connectivity index (χ3v) is 2.14. The highest BCUT2D eigenvalue weighted by molar-refractivity contribution is 5.94. The van der Waals surface area contributed by atoms with Crippen LogP contribution in [0.2, 0.25) is 0 Å². The SMILES string of the molecule is Cc1occc1C(=O)NCCCCN=[N+]=[N-]. The van der Waals surface area contributed by atoms with Crippen molar-refractivity contribution in [3.63, 3.8) is 0 Å². The van der Waals surface area contributed by atoms with Crippen LogP contribution in [0, 0.1) is 6.92 Å². The monoisotopic (exact) mass is 222 g/mol. The second kappa shape index (κ2) is 6.53. The summed E-state index contributed by atoms with van der Waals surface area (Å²) in [5, 5.41) is 6.17. The highest BCUT2D eigenvalue weighted by atomic mass is 16.3. The number of furan rings is 1. The number of unbranched alkanes of at least 4 members (excludes halogenated alkanes) is 1. The summed E-state index contributed by atoms with van der Waals surface area (Å²) in [5.41, 5.74) is 8.61. The lowest BCUT2D eigenvalue weighted by molar-refractivity contribution is 0.0951. The second-order valence-corrected chi connectivity index (χ2v) is 3.31. The predicted octanol–water partition coefficient (Wildman–Crippen LogP) is 2.41. The van der Waals surface area contributed by atoms with Gasteiger partial charge in [0, 0.05) is 18.0 Å². The Morgan fingerprint density at radius 3 is 3.06 bits per heavy atom. The van der Waals surface area contributed by atoms with Gasteiger partial charge in [0.2, 0.25) is 0 Å². The van der Waals surface area contributed by atoms with E-state index in [0.29, 0.717) is 24.4 Å². The number of carbonyl (C=O) groups excluding carboxylic acids is 1. The standard InChI is InChI=1S/C10H14N4O2/c1-8-9(4-7-16-8)10(15)12-5-2-3-6-13-14-11/h4,7H,2-3,5-6H2,1H3,(H,12,15). The molecule has 0 fully saturated rings. The lowest BCUT2D eigenvalue weighted by Crippen LogP contribution is -2.24. The van der Waals surface area contributed by atoms with E-state index in [1.54, 1.807) is 13.0 Å². The maximum Gasteiger partial charge on any atom is 0.254 e. The maximum atomic E-state index is 11.6. The smallest absolute Gasteiger partial charge is 0.254 e. The highest BCUT2D eigenvalue weighted by Crippen LogP contribution is 2.07. The molecule has 0 aromatic carbocycles. The van der Waals surface area contributed by atoms with Crippen LogP contribution in [0.15, 0.2) is 21.9 Å². The van der Waals surface area contributed by atoms with Crippen molar-refractivity contribution in [1.29, 1.82) is 0 Å². The number of amides is 1. The maximum absolute atomic E-state index is 11.6. The Kier molecular flexibility index (Phi) is 4.95. The fourth-order valence-corrected chi connectivity index (χ4v) is 1.27. The molecule has 0 bridgehead atoms. The van der Waals surface area contributed by atoms with Crippen LogP contribution >= 0.6 is 0 Å². The van der Waals surface area contributed by atoms with Crippen LogP contribution in [-0.2, 0) is 0 Å².